The highest BCUT2D eigenvalue weighted by Crippen LogP contribution is 2.18. The van der Waals surface area contributed by atoms with Gasteiger partial charge in [0, 0.05) is 32.6 Å². The molecule has 0 atom stereocenters. The predicted molar refractivity (Wildman–Crippen MR) is 78.1 cm³/mol. The van der Waals surface area contributed by atoms with Gasteiger partial charge in [0.05, 0.1) is 0 Å². The molecule has 1 amide bonds. The quantitative estimate of drug-likeness (QED) is 0.817. The molecule has 7 nitrogen and oxygen atoms in total. The minimum atomic E-state index is -0.0000746. The van der Waals surface area contributed by atoms with Gasteiger partial charge in [-0.25, -0.2) is 0 Å². The van der Waals surface area contributed by atoms with Crippen molar-refractivity contribution in [1.29, 1.82) is 0 Å². The highest BCUT2D eigenvalue weighted by atomic mass is 35.5. The molecule has 1 aromatic heterocycles. The molecule has 0 saturated carbocycles. The van der Waals surface area contributed by atoms with Gasteiger partial charge in [-0.1, -0.05) is 0 Å². The zero-order chi connectivity index (χ0) is 14.4. The second kappa shape index (κ2) is 7.23. The van der Waals surface area contributed by atoms with Crippen LogP contribution in [0.5, 0.6) is 0 Å². The maximum atomic E-state index is 11.3. The van der Waals surface area contributed by atoms with Crippen LogP contribution in [0.1, 0.15) is 26.2 Å². The summed E-state index contributed by atoms with van der Waals surface area (Å²) in [6.45, 7) is 4.87. The lowest BCUT2D eigenvalue weighted by atomic mass is 10.4. The molecule has 2 heterocycles. The Morgan fingerprint density at radius 3 is 2.75 bits per heavy atom. The standard InChI is InChI=1S/C12H19ClN6O/c1-2-14-9(20)5-6-15-11-16-10(13)17-12(18-11)19-7-3-4-8-19/h2-8H2,1H3,(H,14,20)(H,15,16,17,18). The first-order valence-electron chi connectivity index (χ1n) is 6.86. The average Bonchev–Trinajstić information content (AvgIpc) is 2.92. The Labute approximate surface area is 123 Å². The molecule has 2 rings (SSSR count). The minimum Gasteiger partial charge on any atom is -0.356 e. The van der Waals surface area contributed by atoms with E-state index in [4.69, 9.17) is 11.6 Å². The average molecular weight is 299 g/mol. The Hall–Kier alpha value is -1.63. The molecule has 2 N–H and O–H groups in total. The number of amides is 1. The number of aromatic nitrogens is 3. The van der Waals surface area contributed by atoms with Gasteiger partial charge in [0.15, 0.2) is 0 Å². The molecule has 0 bridgehead atoms. The van der Waals surface area contributed by atoms with Crippen LogP contribution >= 0.6 is 11.6 Å². The van der Waals surface area contributed by atoms with Gasteiger partial charge in [-0.2, -0.15) is 15.0 Å². The van der Waals surface area contributed by atoms with Gasteiger partial charge in [0.25, 0.3) is 0 Å². The monoisotopic (exact) mass is 298 g/mol. The SMILES string of the molecule is CCNC(=O)CCNc1nc(Cl)nc(N2CCCC2)n1. The number of nitrogens with one attached hydrogen (secondary N) is 2. The molecule has 1 aliphatic rings. The lowest BCUT2D eigenvalue weighted by Crippen LogP contribution is -2.25. The molecular formula is C12H19ClN6O. The van der Waals surface area contributed by atoms with Crippen LogP contribution in [-0.2, 0) is 4.79 Å². The van der Waals surface area contributed by atoms with Crippen molar-refractivity contribution in [3.63, 3.8) is 0 Å². The van der Waals surface area contributed by atoms with E-state index in [1.807, 2.05) is 6.92 Å². The summed E-state index contributed by atoms with van der Waals surface area (Å²) in [6, 6.07) is 0. The second-order valence-electron chi connectivity index (χ2n) is 4.55. The second-order valence-corrected chi connectivity index (χ2v) is 4.89. The minimum absolute atomic E-state index is 0.0000746. The van der Waals surface area contributed by atoms with Gasteiger partial charge in [0.2, 0.25) is 23.1 Å². The number of hydrogen-bond acceptors (Lipinski definition) is 6. The summed E-state index contributed by atoms with van der Waals surface area (Å²) in [6.07, 6.45) is 2.66. The third-order valence-electron chi connectivity index (χ3n) is 2.99. The van der Waals surface area contributed by atoms with Crippen LogP contribution in [0.2, 0.25) is 5.28 Å². The summed E-state index contributed by atoms with van der Waals surface area (Å²) in [5, 5.41) is 5.91. The number of carbonyl (C=O) groups excluding carboxylic acids is 1. The van der Waals surface area contributed by atoms with Crippen LogP contribution in [0.25, 0.3) is 0 Å². The molecule has 0 unspecified atom stereocenters. The number of halogens is 1. The van der Waals surface area contributed by atoms with Crippen LogP contribution < -0.4 is 15.5 Å². The molecule has 1 aromatic rings. The Bertz CT molecular complexity index is 463. The van der Waals surface area contributed by atoms with E-state index in [0.29, 0.717) is 31.4 Å². The van der Waals surface area contributed by atoms with E-state index < -0.39 is 0 Å². The van der Waals surface area contributed by atoms with Crippen molar-refractivity contribution in [3.8, 4) is 0 Å². The molecular weight excluding hydrogens is 280 g/mol. The zero-order valence-corrected chi connectivity index (χ0v) is 12.3. The third kappa shape index (κ3) is 4.19. The van der Waals surface area contributed by atoms with Crippen LogP contribution in [-0.4, -0.2) is 47.0 Å². The highest BCUT2D eigenvalue weighted by Gasteiger charge is 2.16. The lowest BCUT2D eigenvalue weighted by molar-refractivity contribution is -0.120. The molecule has 0 aliphatic carbocycles. The first-order chi connectivity index (χ1) is 9.69. The van der Waals surface area contributed by atoms with Crippen molar-refractivity contribution >= 4 is 29.4 Å². The lowest BCUT2D eigenvalue weighted by Gasteiger charge is -2.15. The molecule has 0 aromatic carbocycles. The number of carbonyl (C=O) groups is 1. The summed E-state index contributed by atoms with van der Waals surface area (Å²) in [5.74, 6) is 1.01. The van der Waals surface area contributed by atoms with Gasteiger partial charge in [-0.05, 0) is 31.4 Å². The first kappa shape index (κ1) is 14.8. The van der Waals surface area contributed by atoms with E-state index in [-0.39, 0.29) is 11.2 Å². The van der Waals surface area contributed by atoms with E-state index in [1.165, 1.54) is 0 Å². The van der Waals surface area contributed by atoms with Crippen LogP contribution in [0.4, 0.5) is 11.9 Å². The summed E-state index contributed by atoms with van der Waals surface area (Å²) in [4.78, 5) is 25.9. The fraction of sp³-hybridized carbons (Fsp3) is 0.667. The van der Waals surface area contributed by atoms with E-state index >= 15 is 0 Å². The van der Waals surface area contributed by atoms with Crippen molar-refractivity contribution in [2.45, 2.75) is 26.2 Å². The fourth-order valence-electron chi connectivity index (χ4n) is 2.05. The number of hydrogen-bond donors (Lipinski definition) is 2. The van der Waals surface area contributed by atoms with Gasteiger partial charge >= 0.3 is 0 Å². The van der Waals surface area contributed by atoms with Crippen molar-refractivity contribution < 1.29 is 4.79 Å². The largest absolute Gasteiger partial charge is 0.356 e. The number of anilines is 2. The van der Waals surface area contributed by atoms with Crippen molar-refractivity contribution in [2.75, 3.05) is 36.4 Å². The first-order valence-corrected chi connectivity index (χ1v) is 7.24. The molecule has 110 valence electrons. The van der Waals surface area contributed by atoms with Crippen LogP contribution in [0.15, 0.2) is 0 Å². The molecule has 8 heteroatoms. The van der Waals surface area contributed by atoms with E-state index in [9.17, 15) is 4.79 Å². The van der Waals surface area contributed by atoms with Crippen LogP contribution in [0.3, 0.4) is 0 Å². The number of nitrogens with zero attached hydrogens (tertiary/aromatic N) is 4. The summed E-state index contributed by atoms with van der Waals surface area (Å²) in [7, 11) is 0. The van der Waals surface area contributed by atoms with Gasteiger partial charge in [0.1, 0.15) is 0 Å². The van der Waals surface area contributed by atoms with E-state index in [0.717, 1.165) is 25.9 Å². The molecule has 20 heavy (non-hydrogen) atoms. The third-order valence-corrected chi connectivity index (χ3v) is 3.16. The van der Waals surface area contributed by atoms with Gasteiger partial charge in [-0.15, -0.1) is 0 Å². The smallest absolute Gasteiger partial charge is 0.231 e. The maximum Gasteiger partial charge on any atom is 0.231 e. The number of rotatable bonds is 6. The van der Waals surface area contributed by atoms with E-state index in [1.54, 1.807) is 0 Å². The zero-order valence-electron chi connectivity index (χ0n) is 11.5. The van der Waals surface area contributed by atoms with Crippen molar-refractivity contribution in [1.82, 2.24) is 20.3 Å². The topological polar surface area (TPSA) is 83.0 Å². The Balaban J connectivity index is 1.92. The Kier molecular flexibility index (Phi) is 5.34. The molecule has 1 saturated heterocycles. The van der Waals surface area contributed by atoms with Crippen LogP contribution in [0, 0.1) is 0 Å². The Morgan fingerprint density at radius 1 is 1.30 bits per heavy atom. The van der Waals surface area contributed by atoms with E-state index in [2.05, 4.69) is 30.5 Å². The maximum absolute atomic E-state index is 11.3. The van der Waals surface area contributed by atoms with Gasteiger partial charge in [-0.3, -0.25) is 4.79 Å². The predicted octanol–water partition coefficient (Wildman–Crippen LogP) is 1.06. The fourth-order valence-corrected chi connectivity index (χ4v) is 2.21. The normalized spacial score (nSPS) is 14.4. The summed E-state index contributed by atoms with van der Waals surface area (Å²) >= 11 is 5.91. The molecule has 0 spiro atoms. The molecule has 1 aliphatic heterocycles. The summed E-state index contributed by atoms with van der Waals surface area (Å²) < 4.78 is 0. The summed E-state index contributed by atoms with van der Waals surface area (Å²) in [5.41, 5.74) is 0. The van der Waals surface area contributed by atoms with Crippen molar-refractivity contribution in [2.24, 2.45) is 0 Å². The Morgan fingerprint density at radius 2 is 2.05 bits per heavy atom. The highest BCUT2D eigenvalue weighted by molar-refractivity contribution is 6.28. The molecule has 0 radical (unpaired) electrons. The molecule has 1 fully saturated rings. The van der Waals surface area contributed by atoms with Gasteiger partial charge < -0.3 is 15.5 Å². The van der Waals surface area contributed by atoms with Crippen molar-refractivity contribution in [3.05, 3.63) is 5.28 Å².